The summed E-state index contributed by atoms with van der Waals surface area (Å²) in [4.78, 5) is 17.1. The highest BCUT2D eigenvalue weighted by Gasteiger charge is 2.19. The van der Waals surface area contributed by atoms with Crippen LogP contribution in [0.25, 0.3) is 16.6 Å². The number of para-hydroxylation sites is 2. The molecule has 148 valence electrons. The predicted molar refractivity (Wildman–Crippen MR) is 111 cm³/mol. The molecular formula is C22H24N5O2+. The Balaban J connectivity index is 1.78. The number of amides is 1. The van der Waals surface area contributed by atoms with Gasteiger partial charge in [-0.3, -0.25) is 4.79 Å². The number of imidazole rings is 1. The van der Waals surface area contributed by atoms with Gasteiger partial charge in [0.05, 0.1) is 18.1 Å². The van der Waals surface area contributed by atoms with Gasteiger partial charge in [0.1, 0.15) is 24.7 Å². The van der Waals surface area contributed by atoms with E-state index in [4.69, 9.17) is 0 Å². The maximum absolute atomic E-state index is 11.6. The van der Waals surface area contributed by atoms with Crippen molar-refractivity contribution in [1.29, 1.82) is 5.26 Å². The number of fused-ring (bicyclic) bond motifs is 1. The molecule has 0 fully saturated rings. The third kappa shape index (κ3) is 4.28. The lowest BCUT2D eigenvalue weighted by Crippen LogP contribution is -3.07. The first-order valence-corrected chi connectivity index (χ1v) is 9.31. The van der Waals surface area contributed by atoms with E-state index >= 15 is 0 Å². The van der Waals surface area contributed by atoms with Gasteiger partial charge in [0, 0.05) is 25.2 Å². The van der Waals surface area contributed by atoms with E-state index in [9.17, 15) is 15.2 Å². The fourth-order valence-corrected chi connectivity index (χ4v) is 3.32. The molecule has 3 rings (SSSR count). The minimum atomic E-state index is -0.126. The maximum atomic E-state index is 11.6. The molecule has 1 atom stereocenters. The number of nitriles is 1. The lowest BCUT2D eigenvalue weighted by Gasteiger charge is -2.14. The van der Waals surface area contributed by atoms with Gasteiger partial charge in [0.25, 0.3) is 5.91 Å². The largest absolute Gasteiger partial charge is 0.506 e. The van der Waals surface area contributed by atoms with Gasteiger partial charge in [0.15, 0.2) is 11.6 Å². The first kappa shape index (κ1) is 20.1. The Labute approximate surface area is 169 Å². The summed E-state index contributed by atoms with van der Waals surface area (Å²) in [5.41, 5.74) is 3.50. The van der Waals surface area contributed by atoms with E-state index in [-0.39, 0.29) is 23.8 Å². The monoisotopic (exact) mass is 390 g/mol. The molecule has 0 aliphatic heterocycles. The number of aromatic nitrogens is 2. The first-order valence-electron chi connectivity index (χ1n) is 9.31. The Morgan fingerprint density at radius 1 is 1.24 bits per heavy atom. The lowest BCUT2D eigenvalue weighted by atomic mass is 10.1. The van der Waals surface area contributed by atoms with Crippen LogP contribution in [-0.4, -0.2) is 41.2 Å². The van der Waals surface area contributed by atoms with E-state index in [0.29, 0.717) is 17.9 Å². The number of rotatable bonds is 6. The topological polar surface area (TPSA) is 95.4 Å². The van der Waals surface area contributed by atoms with Crippen molar-refractivity contribution >= 4 is 22.5 Å². The maximum Gasteiger partial charge on any atom is 0.251 e. The Morgan fingerprint density at radius 2 is 1.93 bits per heavy atom. The Bertz CT molecular complexity index is 1110. The van der Waals surface area contributed by atoms with E-state index < -0.39 is 0 Å². The second-order valence-electron chi connectivity index (χ2n) is 7.00. The molecule has 0 bridgehead atoms. The quantitative estimate of drug-likeness (QED) is 0.438. The van der Waals surface area contributed by atoms with Crippen LogP contribution in [0.5, 0.6) is 0 Å². The molecule has 7 nitrogen and oxygen atoms in total. The van der Waals surface area contributed by atoms with Crippen molar-refractivity contribution in [3.8, 4) is 6.07 Å². The highest BCUT2D eigenvalue weighted by Crippen LogP contribution is 2.21. The number of aliphatic hydroxyl groups is 1. The molecule has 1 heterocycles. The number of benzene rings is 2. The summed E-state index contributed by atoms with van der Waals surface area (Å²) in [5.74, 6) is 0.332. The highest BCUT2D eigenvalue weighted by atomic mass is 16.3. The minimum Gasteiger partial charge on any atom is -0.506 e. The van der Waals surface area contributed by atoms with Crippen LogP contribution in [-0.2, 0) is 13.6 Å². The zero-order valence-corrected chi connectivity index (χ0v) is 16.7. The fraction of sp³-hybridized carbons (Fsp3) is 0.227. The number of aliphatic hydroxyl groups excluding tert-OH is 1. The molecule has 3 N–H and O–H groups in total. The Hall–Kier alpha value is -3.63. The normalized spacial score (nSPS) is 12.9. The van der Waals surface area contributed by atoms with Crippen LogP contribution in [0.1, 0.15) is 21.7 Å². The fourth-order valence-electron chi connectivity index (χ4n) is 3.32. The van der Waals surface area contributed by atoms with Crippen LogP contribution in [0, 0.1) is 11.3 Å². The number of nitrogens with one attached hydrogen (secondary N) is 2. The molecule has 0 radical (unpaired) electrons. The van der Waals surface area contributed by atoms with Crippen molar-refractivity contribution in [2.24, 2.45) is 7.05 Å². The van der Waals surface area contributed by atoms with E-state index in [1.165, 1.54) is 0 Å². The molecule has 2 aromatic carbocycles. The Morgan fingerprint density at radius 3 is 2.55 bits per heavy atom. The summed E-state index contributed by atoms with van der Waals surface area (Å²) < 4.78 is 1.82. The van der Waals surface area contributed by atoms with Crippen LogP contribution < -0.4 is 10.2 Å². The third-order valence-corrected chi connectivity index (χ3v) is 4.83. The van der Waals surface area contributed by atoms with Crippen LogP contribution >= 0.6 is 0 Å². The smallest absolute Gasteiger partial charge is 0.251 e. The molecule has 0 spiro atoms. The molecule has 7 heteroatoms. The summed E-state index contributed by atoms with van der Waals surface area (Å²) in [6, 6.07) is 17.1. The van der Waals surface area contributed by atoms with Crippen molar-refractivity contribution in [1.82, 2.24) is 14.9 Å². The number of hydrogen-bond acceptors (Lipinski definition) is 4. The van der Waals surface area contributed by atoms with Crippen molar-refractivity contribution < 1.29 is 14.8 Å². The molecule has 0 aliphatic carbocycles. The van der Waals surface area contributed by atoms with Crippen LogP contribution in [0.3, 0.4) is 0 Å². The highest BCUT2D eigenvalue weighted by molar-refractivity contribution is 5.93. The number of carbonyl (C=O) groups excluding carboxylic acids is 1. The molecule has 0 saturated carbocycles. The Kier molecular flexibility index (Phi) is 5.96. The molecule has 3 aromatic rings. The van der Waals surface area contributed by atoms with Gasteiger partial charge in [-0.05, 0) is 24.3 Å². The second kappa shape index (κ2) is 8.59. The summed E-state index contributed by atoms with van der Waals surface area (Å²) in [5, 5.41) is 22.9. The number of likely N-dealkylation sites (N-methyl/N-ethyl adjacent to an activating group) is 1. The predicted octanol–water partition coefficient (Wildman–Crippen LogP) is 1.44. The summed E-state index contributed by atoms with van der Waals surface area (Å²) in [6.45, 7) is 0.919. The molecule has 1 aromatic heterocycles. The molecule has 0 aliphatic rings. The van der Waals surface area contributed by atoms with E-state index in [0.717, 1.165) is 21.5 Å². The van der Waals surface area contributed by atoms with Crippen LogP contribution in [0.2, 0.25) is 0 Å². The van der Waals surface area contributed by atoms with Gasteiger partial charge in [-0.1, -0.05) is 24.3 Å². The zero-order chi connectivity index (χ0) is 21.0. The number of allylic oxidation sites excluding steroid dienone is 1. The van der Waals surface area contributed by atoms with E-state index in [1.807, 2.05) is 55.1 Å². The van der Waals surface area contributed by atoms with Crippen molar-refractivity contribution in [3.05, 3.63) is 71.2 Å². The second-order valence-corrected chi connectivity index (χ2v) is 7.00. The van der Waals surface area contributed by atoms with Crippen molar-refractivity contribution in [2.75, 3.05) is 20.6 Å². The van der Waals surface area contributed by atoms with Crippen molar-refractivity contribution in [3.63, 3.8) is 0 Å². The van der Waals surface area contributed by atoms with E-state index in [2.05, 4.69) is 16.4 Å². The van der Waals surface area contributed by atoms with Crippen LogP contribution in [0.4, 0.5) is 0 Å². The van der Waals surface area contributed by atoms with Gasteiger partial charge in [0.2, 0.25) is 0 Å². The third-order valence-electron chi connectivity index (χ3n) is 4.83. The minimum absolute atomic E-state index is 0.00499. The van der Waals surface area contributed by atoms with Crippen molar-refractivity contribution in [2.45, 2.75) is 6.54 Å². The average Bonchev–Trinajstić information content (AvgIpc) is 3.05. The molecular weight excluding hydrogens is 366 g/mol. The van der Waals surface area contributed by atoms with Gasteiger partial charge in [-0.15, -0.1) is 0 Å². The summed E-state index contributed by atoms with van der Waals surface area (Å²) in [6.07, 6.45) is 0. The number of quaternary nitrogens is 1. The first-order chi connectivity index (χ1) is 13.9. The zero-order valence-electron chi connectivity index (χ0n) is 16.7. The summed E-state index contributed by atoms with van der Waals surface area (Å²) >= 11 is 0. The molecule has 1 amide bonds. The number of nitrogens with zero attached hydrogens (tertiary/aromatic N) is 3. The van der Waals surface area contributed by atoms with Gasteiger partial charge < -0.3 is 19.9 Å². The SMILES string of the molecule is CNC(=O)c1ccc(C[NH+](C)C/C(O)=C(\C#N)c2nc3ccccc3n2C)cc1. The molecule has 1 unspecified atom stereocenters. The van der Waals surface area contributed by atoms with Gasteiger partial charge in [-0.25, -0.2) is 4.98 Å². The summed E-state index contributed by atoms with van der Waals surface area (Å²) in [7, 11) is 5.37. The van der Waals surface area contributed by atoms with Crippen LogP contribution in [0.15, 0.2) is 54.3 Å². The standard InChI is InChI=1S/C22H23N5O2/c1-24-22(29)16-10-8-15(9-11-16)13-26(2)14-20(28)17(12-23)21-25-18-6-4-5-7-19(18)27(21)3/h4-11,28H,13-14H2,1-3H3,(H,24,29)/p+1/b20-17-. The molecule has 29 heavy (non-hydrogen) atoms. The number of hydrogen-bond donors (Lipinski definition) is 3. The number of carbonyl (C=O) groups is 1. The lowest BCUT2D eigenvalue weighted by molar-refractivity contribution is -0.890. The van der Waals surface area contributed by atoms with Gasteiger partial charge in [-0.2, -0.15) is 5.26 Å². The molecule has 0 saturated heterocycles. The average molecular weight is 390 g/mol. The van der Waals surface area contributed by atoms with E-state index in [1.54, 1.807) is 19.2 Å². The number of aryl methyl sites for hydroxylation is 1. The van der Waals surface area contributed by atoms with Gasteiger partial charge >= 0.3 is 0 Å².